The molecule has 0 aliphatic heterocycles. The molecule has 1 aliphatic carbocycles. The van der Waals surface area contributed by atoms with E-state index in [0.29, 0.717) is 0 Å². The van der Waals surface area contributed by atoms with Crippen LogP contribution in [0.5, 0.6) is 0 Å². The topological polar surface area (TPSA) is 35.2 Å². The Morgan fingerprint density at radius 3 is 2.50 bits per heavy atom. The van der Waals surface area contributed by atoms with E-state index in [2.05, 4.69) is 6.92 Å². The van der Waals surface area contributed by atoms with Gasteiger partial charge in [-0.1, -0.05) is 19.8 Å². The average Bonchev–Trinajstić information content (AvgIpc) is 2.20. The van der Waals surface area contributed by atoms with Crippen molar-refractivity contribution in [1.29, 1.82) is 0 Å². The molecule has 1 saturated carbocycles. The largest absolute Gasteiger partial charge is 0.385 e. The van der Waals surface area contributed by atoms with Crippen molar-refractivity contribution in [2.45, 2.75) is 57.4 Å². The zero-order chi connectivity index (χ0) is 10.4. The molecule has 0 bridgehead atoms. The maximum absolute atomic E-state index is 6.32. The molecule has 0 radical (unpaired) electrons. The molecule has 2 nitrogen and oxygen atoms in total. The molecule has 1 fully saturated rings. The van der Waals surface area contributed by atoms with Crippen LogP contribution in [0.2, 0.25) is 0 Å². The van der Waals surface area contributed by atoms with Crippen molar-refractivity contribution < 1.29 is 4.74 Å². The maximum atomic E-state index is 6.32. The van der Waals surface area contributed by atoms with Crippen LogP contribution < -0.4 is 5.73 Å². The fraction of sp³-hybridized carbons (Fsp3) is 1.00. The van der Waals surface area contributed by atoms with Crippen molar-refractivity contribution in [3.63, 3.8) is 0 Å². The van der Waals surface area contributed by atoms with E-state index in [1.807, 2.05) is 0 Å². The molecule has 2 N–H and O–H groups in total. The van der Waals surface area contributed by atoms with Crippen molar-refractivity contribution in [3.8, 4) is 0 Å². The number of hydrogen-bond donors (Lipinski definition) is 1. The number of methoxy groups -OCH3 is 1. The van der Waals surface area contributed by atoms with Crippen molar-refractivity contribution >= 4 is 0 Å². The molecule has 0 spiro atoms. The summed E-state index contributed by atoms with van der Waals surface area (Å²) in [5.41, 5.74) is 6.41. The van der Waals surface area contributed by atoms with Gasteiger partial charge in [0, 0.05) is 19.3 Å². The van der Waals surface area contributed by atoms with Crippen molar-refractivity contribution in [3.05, 3.63) is 0 Å². The number of ether oxygens (including phenoxy) is 1. The Hall–Kier alpha value is -0.0800. The summed E-state index contributed by atoms with van der Waals surface area (Å²) < 4.78 is 5.10. The first-order chi connectivity index (χ1) is 6.70. The molecule has 0 atom stereocenters. The Bertz CT molecular complexity index is 150. The van der Waals surface area contributed by atoms with Gasteiger partial charge in [0.25, 0.3) is 0 Å². The van der Waals surface area contributed by atoms with E-state index in [0.717, 1.165) is 18.9 Å². The minimum absolute atomic E-state index is 0.0836. The molecule has 1 rings (SSSR count). The van der Waals surface area contributed by atoms with Crippen LogP contribution in [-0.4, -0.2) is 19.3 Å². The molecule has 2 heteroatoms. The Balaban J connectivity index is 2.25. The molecule has 84 valence electrons. The second kappa shape index (κ2) is 5.72. The highest BCUT2D eigenvalue weighted by Gasteiger charge is 2.30. The summed E-state index contributed by atoms with van der Waals surface area (Å²) >= 11 is 0. The van der Waals surface area contributed by atoms with Crippen LogP contribution >= 0.6 is 0 Å². The van der Waals surface area contributed by atoms with Gasteiger partial charge in [-0.25, -0.2) is 0 Å². The van der Waals surface area contributed by atoms with E-state index in [4.69, 9.17) is 10.5 Å². The molecule has 0 aromatic rings. The van der Waals surface area contributed by atoms with Gasteiger partial charge in [0.2, 0.25) is 0 Å². The summed E-state index contributed by atoms with van der Waals surface area (Å²) in [5.74, 6) is 0.944. The van der Waals surface area contributed by atoms with E-state index in [1.165, 1.54) is 38.5 Å². The summed E-state index contributed by atoms with van der Waals surface area (Å²) in [6.07, 6.45) is 8.78. The third-order valence-electron chi connectivity index (χ3n) is 3.60. The van der Waals surface area contributed by atoms with E-state index < -0.39 is 0 Å². The van der Waals surface area contributed by atoms with Gasteiger partial charge in [0.1, 0.15) is 0 Å². The molecule has 1 aliphatic rings. The Labute approximate surface area is 88.2 Å². The fourth-order valence-electron chi connectivity index (χ4n) is 2.50. The lowest BCUT2D eigenvalue weighted by atomic mass is 9.74. The molecule has 0 heterocycles. The minimum Gasteiger partial charge on any atom is -0.385 e. The Morgan fingerprint density at radius 1 is 1.36 bits per heavy atom. The highest BCUT2D eigenvalue weighted by molar-refractivity contribution is 4.89. The van der Waals surface area contributed by atoms with E-state index >= 15 is 0 Å². The van der Waals surface area contributed by atoms with Crippen LogP contribution in [0.4, 0.5) is 0 Å². The fourth-order valence-corrected chi connectivity index (χ4v) is 2.50. The van der Waals surface area contributed by atoms with E-state index in [-0.39, 0.29) is 5.54 Å². The lowest BCUT2D eigenvalue weighted by Crippen LogP contribution is -2.44. The van der Waals surface area contributed by atoms with E-state index in [1.54, 1.807) is 7.11 Å². The molecule has 0 amide bonds. The standard InChI is InChI=1S/C12H25NO/c1-3-4-11-5-7-12(13,8-6-11)9-10-14-2/h11H,3-10,13H2,1-2H3. The van der Waals surface area contributed by atoms with Gasteiger partial charge in [0.05, 0.1) is 0 Å². The molecule has 0 saturated heterocycles. The Kier molecular flexibility index (Phi) is 4.90. The second-order valence-electron chi connectivity index (χ2n) is 4.84. The molecule has 14 heavy (non-hydrogen) atoms. The van der Waals surface area contributed by atoms with Crippen LogP contribution in [0.1, 0.15) is 51.9 Å². The first kappa shape index (κ1) is 12.0. The van der Waals surface area contributed by atoms with Crippen LogP contribution in [0.15, 0.2) is 0 Å². The lowest BCUT2D eigenvalue weighted by molar-refractivity contribution is 0.137. The quantitative estimate of drug-likeness (QED) is 0.739. The summed E-state index contributed by atoms with van der Waals surface area (Å²) in [4.78, 5) is 0. The molecular weight excluding hydrogens is 174 g/mol. The zero-order valence-electron chi connectivity index (χ0n) is 9.72. The van der Waals surface area contributed by atoms with Crippen molar-refractivity contribution in [2.24, 2.45) is 11.7 Å². The predicted molar refractivity (Wildman–Crippen MR) is 60.3 cm³/mol. The maximum Gasteiger partial charge on any atom is 0.0479 e. The highest BCUT2D eigenvalue weighted by Crippen LogP contribution is 2.34. The summed E-state index contributed by atoms with van der Waals surface area (Å²) in [6, 6.07) is 0. The lowest BCUT2D eigenvalue weighted by Gasteiger charge is -2.37. The van der Waals surface area contributed by atoms with Gasteiger partial charge < -0.3 is 10.5 Å². The molecule has 0 aromatic carbocycles. The average molecular weight is 199 g/mol. The van der Waals surface area contributed by atoms with Gasteiger partial charge in [0.15, 0.2) is 0 Å². The predicted octanol–water partition coefficient (Wildman–Crippen LogP) is 2.71. The summed E-state index contributed by atoms with van der Waals surface area (Å²) in [5, 5.41) is 0. The third kappa shape index (κ3) is 3.58. The summed E-state index contributed by atoms with van der Waals surface area (Å²) in [6.45, 7) is 3.09. The third-order valence-corrected chi connectivity index (χ3v) is 3.60. The normalized spacial score (nSPS) is 33.2. The molecule has 0 aromatic heterocycles. The minimum atomic E-state index is 0.0836. The monoisotopic (exact) mass is 199 g/mol. The molecule has 0 unspecified atom stereocenters. The first-order valence-electron chi connectivity index (χ1n) is 5.98. The highest BCUT2D eigenvalue weighted by atomic mass is 16.5. The molecular formula is C12H25NO. The summed E-state index contributed by atoms with van der Waals surface area (Å²) in [7, 11) is 1.76. The first-order valence-corrected chi connectivity index (χ1v) is 5.98. The van der Waals surface area contributed by atoms with Gasteiger partial charge in [-0.2, -0.15) is 0 Å². The Morgan fingerprint density at radius 2 is 2.00 bits per heavy atom. The van der Waals surface area contributed by atoms with E-state index in [9.17, 15) is 0 Å². The van der Waals surface area contributed by atoms with Gasteiger partial charge >= 0.3 is 0 Å². The zero-order valence-corrected chi connectivity index (χ0v) is 9.72. The van der Waals surface area contributed by atoms with Crippen LogP contribution in [-0.2, 0) is 4.74 Å². The number of rotatable bonds is 5. The van der Waals surface area contributed by atoms with Crippen LogP contribution in [0, 0.1) is 5.92 Å². The van der Waals surface area contributed by atoms with Gasteiger partial charge in [-0.05, 0) is 38.0 Å². The second-order valence-corrected chi connectivity index (χ2v) is 4.84. The van der Waals surface area contributed by atoms with Gasteiger partial charge in [-0.15, -0.1) is 0 Å². The smallest absolute Gasteiger partial charge is 0.0479 e. The van der Waals surface area contributed by atoms with Crippen LogP contribution in [0.25, 0.3) is 0 Å². The number of nitrogens with two attached hydrogens (primary N) is 1. The van der Waals surface area contributed by atoms with Gasteiger partial charge in [-0.3, -0.25) is 0 Å². The SMILES string of the molecule is CCCC1CCC(N)(CCOC)CC1. The van der Waals surface area contributed by atoms with Crippen LogP contribution in [0.3, 0.4) is 0 Å². The number of hydrogen-bond acceptors (Lipinski definition) is 2. The van der Waals surface area contributed by atoms with Crippen molar-refractivity contribution in [1.82, 2.24) is 0 Å². The van der Waals surface area contributed by atoms with Crippen molar-refractivity contribution in [2.75, 3.05) is 13.7 Å².